The summed E-state index contributed by atoms with van der Waals surface area (Å²) in [6.45, 7) is 2.49. The molecule has 0 bridgehead atoms. The van der Waals surface area contributed by atoms with Crippen LogP contribution in [-0.2, 0) is 17.8 Å². The maximum absolute atomic E-state index is 13.6. The minimum absolute atomic E-state index is 0.124. The number of benzene rings is 2. The molecule has 0 radical (unpaired) electrons. The van der Waals surface area contributed by atoms with Crippen LogP contribution in [0.15, 0.2) is 59.0 Å². The first-order valence-corrected chi connectivity index (χ1v) is 11.5. The number of nitrogens with zero attached hydrogens (tertiary/aromatic N) is 2. The fourth-order valence-electron chi connectivity index (χ4n) is 4.48. The number of allylic oxidation sites excluding steroid dienone is 1. The third-order valence-corrected chi connectivity index (χ3v) is 7.63. The highest BCUT2D eigenvalue weighted by molar-refractivity contribution is 8.17. The van der Waals surface area contributed by atoms with E-state index in [0.717, 1.165) is 36.3 Å². The molecular weight excluding hydrogens is 416 g/mol. The van der Waals surface area contributed by atoms with Crippen LogP contribution in [-0.4, -0.2) is 21.6 Å². The Morgan fingerprint density at radius 2 is 1.90 bits per heavy atom. The zero-order valence-electron chi connectivity index (χ0n) is 16.7. The van der Waals surface area contributed by atoms with Crippen molar-refractivity contribution in [3.8, 4) is 0 Å². The molecule has 0 spiro atoms. The van der Waals surface area contributed by atoms with Gasteiger partial charge in [0, 0.05) is 5.02 Å². The molecule has 2 aromatic carbocycles. The molecule has 2 heterocycles. The van der Waals surface area contributed by atoms with Crippen molar-refractivity contribution in [3.05, 3.63) is 75.2 Å². The van der Waals surface area contributed by atoms with E-state index in [1.807, 2.05) is 48.5 Å². The number of anilines is 1. The van der Waals surface area contributed by atoms with Crippen LogP contribution in [0, 0.1) is 5.92 Å². The lowest BCUT2D eigenvalue weighted by Gasteiger charge is -2.26. The van der Waals surface area contributed by atoms with Gasteiger partial charge in [-0.1, -0.05) is 54.6 Å². The van der Waals surface area contributed by atoms with Crippen molar-refractivity contribution in [2.24, 2.45) is 5.92 Å². The SMILES string of the molecule is CCc1ccc(N2C(=O)C3C4=C(CCC4)SC3=[N+](Cc3cccc(Cl)c3)C2=O)cc1. The second-order valence-corrected chi connectivity index (χ2v) is 9.42. The van der Waals surface area contributed by atoms with Gasteiger partial charge in [0.25, 0.3) is 0 Å². The molecule has 2 aliphatic heterocycles. The molecule has 4 nitrogen and oxygen atoms in total. The zero-order valence-corrected chi connectivity index (χ0v) is 18.3. The third kappa shape index (κ3) is 3.21. The summed E-state index contributed by atoms with van der Waals surface area (Å²) in [5.74, 6) is -0.462. The molecule has 3 amide bonds. The van der Waals surface area contributed by atoms with E-state index >= 15 is 0 Å². The smallest absolute Gasteiger partial charge is 0.245 e. The summed E-state index contributed by atoms with van der Waals surface area (Å²) in [4.78, 5) is 29.8. The van der Waals surface area contributed by atoms with Gasteiger partial charge in [-0.15, -0.1) is 4.90 Å². The second-order valence-electron chi connectivity index (χ2n) is 7.87. The van der Waals surface area contributed by atoms with Crippen LogP contribution in [0.1, 0.15) is 37.3 Å². The van der Waals surface area contributed by atoms with Crippen LogP contribution in [0.3, 0.4) is 0 Å². The van der Waals surface area contributed by atoms with Crippen LogP contribution in [0.5, 0.6) is 0 Å². The first-order valence-electron chi connectivity index (χ1n) is 10.3. The number of imide groups is 1. The topological polar surface area (TPSA) is 40.4 Å². The number of hydrogen-bond acceptors (Lipinski definition) is 3. The van der Waals surface area contributed by atoms with Gasteiger partial charge >= 0.3 is 11.9 Å². The van der Waals surface area contributed by atoms with E-state index < -0.39 is 0 Å². The molecule has 0 N–H and O–H groups in total. The highest BCUT2D eigenvalue weighted by atomic mass is 35.5. The third-order valence-electron chi connectivity index (χ3n) is 6.02. The Balaban J connectivity index is 1.60. The first kappa shape index (κ1) is 19.6. The van der Waals surface area contributed by atoms with Gasteiger partial charge in [0.05, 0.1) is 0 Å². The fourth-order valence-corrected chi connectivity index (χ4v) is 6.16. The standard InChI is InChI=1S/C24H22ClN2O2S/c1-2-15-9-11-18(12-10-15)27-22(28)21-19-7-4-8-20(19)30-23(21)26(24(27)29)14-16-5-3-6-17(25)13-16/h3,5-6,9-13,21H,2,4,7-8,14H2,1H3/q+1. The largest absolute Gasteiger partial charge is 0.506 e. The van der Waals surface area contributed by atoms with Crippen molar-refractivity contribution in [3.63, 3.8) is 0 Å². The van der Waals surface area contributed by atoms with E-state index in [9.17, 15) is 9.59 Å². The number of fused-ring (bicyclic) bond motifs is 2. The maximum Gasteiger partial charge on any atom is 0.506 e. The van der Waals surface area contributed by atoms with Gasteiger partial charge in [0.1, 0.15) is 12.2 Å². The van der Waals surface area contributed by atoms with Gasteiger partial charge < -0.3 is 0 Å². The number of hydrogen-bond donors (Lipinski definition) is 0. The molecule has 0 saturated carbocycles. The maximum atomic E-state index is 13.6. The molecule has 2 aromatic rings. The number of thioether (sulfide) groups is 1. The summed E-state index contributed by atoms with van der Waals surface area (Å²) in [5.41, 5.74) is 3.97. The highest BCUT2D eigenvalue weighted by Gasteiger charge is 2.54. The number of carbonyl (C=O) groups is 2. The van der Waals surface area contributed by atoms with Crippen LogP contribution in [0.2, 0.25) is 5.02 Å². The quantitative estimate of drug-likeness (QED) is 0.569. The Morgan fingerprint density at radius 3 is 2.63 bits per heavy atom. The van der Waals surface area contributed by atoms with Crippen LogP contribution < -0.4 is 4.90 Å². The van der Waals surface area contributed by atoms with Crippen molar-refractivity contribution < 1.29 is 14.2 Å². The molecular formula is C24H22ClN2O2S+. The minimum atomic E-state index is -0.338. The lowest BCUT2D eigenvalue weighted by molar-refractivity contribution is -0.443. The van der Waals surface area contributed by atoms with E-state index in [-0.39, 0.29) is 17.9 Å². The van der Waals surface area contributed by atoms with Gasteiger partial charge in [-0.25, -0.2) is 4.79 Å². The van der Waals surface area contributed by atoms with Crippen LogP contribution in [0.25, 0.3) is 0 Å². The molecule has 5 rings (SSSR count). The van der Waals surface area contributed by atoms with Gasteiger partial charge in [0.15, 0.2) is 11.0 Å². The summed E-state index contributed by atoms with van der Waals surface area (Å²) in [6.07, 6.45) is 3.93. The van der Waals surface area contributed by atoms with Crippen LogP contribution >= 0.6 is 23.4 Å². The average Bonchev–Trinajstić information content (AvgIpc) is 3.33. The molecule has 1 aliphatic carbocycles. The van der Waals surface area contributed by atoms with Crippen molar-refractivity contribution in [1.29, 1.82) is 0 Å². The average molecular weight is 438 g/mol. The molecule has 6 heteroatoms. The number of carbonyl (C=O) groups excluding carboxylic acids is 2. The van der Waals surface area contributed by atoms with Crippen molar-refractivity contribution in [2.75, 3.05) is 4.90 Å². The predicted molar refractivity (Wildman–Crippen MR) is 121 cm³/mol. The predicted octanol–water partition coefficient (Wildman–Crippen LogP) is 5.78. The van der Waals surface area contributed by atoms with E-state index in [1.54, 1.807) is 16.3 Å². The lowest BCUT2D eigenvalue weighted by Crippen LogP contribution is -2.53. The molecule has 30 heavy (non-hydrogen) atoms. The number of urea groups is 1. The fraction of sp³-hybridized carbons (Fsp3) is 0.292. The van der Waals surface area contributed by atoms with E-state index in [4.69, 9.17) is 11.6 Å². The van der Waals surface area contributed by atoms with Gasteiger partial charge in [0.2, 0.25) is 0 Å². The zero-order chi connectivity index (χ0) is 20.8. The van der Waals surface area contributed by atoms with Gasteiger partial charge in [-0.3, -0.25) is 0 Å². The summed E-state index contributed by atoms with van der Waals surface area (Å²) in [7, 11) is 0. The molecule has 1 atom stereocenters. The molecule has 3 aliphatic rings. The Bertz CT molecular complexity index is 1120. The van der Waals surface area contributed by atoms with Crippen molar-refractivity contribution >= 4 is 46.0 Å². The second kappa shape index (κ2) is 7.71. The van der Waals surface area contributed by atoms with Crippen molar-refractivity contribution in [1.82, 2.24) is 0 Å². The molecule has 0 saturated heterocycles. The van der Waals surface area contributed by atoms with Crippen molar-refractivity contribution in [2.45, 2.75) is 39.2 Å². The number of halogens is 1. The number of rotatable bonds is 4. The minimum Gasteiger partial charge on any atom is -0.245 e. The Hall–Kier alpha value is -2.37. The molecule has 0 aromatic heterocycles. The van der Waals surface area contributed by atoms with Gasteiger partial charge in [-0.05, 0) is 71.6 Å². The van der Waals surface area contributed by atoms with E-state index in [2.05, 4.69) is 6.92 Å². The lowest BCUT2D eigenvalue weighted by atomic mass is 9.96. The first-order chi connectivity index (χ1) is 14.6. The number of aryl methyl sites for hydroxylation is 1. The van der Waals surface area contributed by atoms with E-state index in [1.165, 1.54) is 20.9 Å². The van der Waals surface area contributed by atoms with Gasteiger partial charge in [-0.2, -0.15) is 9.37 Å². The molecule has 1 unspecified atom stereocenters. The normalized spacial score (nSPS) is 20.9. The Morgan fingerprint density at radius 1 is 1.10 bits per heavy atom. The van der Waals surface area contributed by atoms with E-state index in [0.29, 0.717) is 17.3 Å². The summed E-state index contributed by atoms with van der Waals surface area (Å²) in [6, 6.07) is 15.0. The highest BCUT2D eigenvalue weighted by Crippen LogP contribution is 2.49. The summed E-state index contributed by atoms with van der Waals surface area (Å²) < 4.78 is 1.77. The monoisotopic (exact) mass is 437 g/mol. The summed E-state index contributed by atoms with van der Waals surface area (Å²) >= 11 is 7.80. The summed E-state index contributed by atoms with van der Waals surface area (Å²) in [5, 5.41) is 1.50. The van der Waals surface area contributed by atoms with Crippen LogP contribution in [0.4, 0.5) is 10.5 Å². The molecule has 152 valence electrons. The number of amides is 3. The Kier molecular flexibility index (Phi) is 5.03. The Labute approximate surface area is 185 Å². The molecule has 0 fully saturated rings.